The molecule has 0 fully saturated rings. The molecule has 1 aromatic heterocycles. The summed E-state index contributed by atoms with van der Waals surface area (Å²) in [5.41, 5.74) is 0.861. The van der Waals surface area contributed by atoms with E-state index >= 15 is 0 Å². The summed E-state index contributed by atoms with van der Waals surface area (Å²) in [5.74, 6) is 1.60. The lowest BCUT2D eigenvalue weighted by molar-refractivity contribution is 0.859. The second kappa shape index (κ2) is 4.73. The standard InChI is InChI=1S/C10H8BrCl2N3/c1-16-9(5-11)14-15-10(16)6-2-7(12)4-8(13)3-6/h2-4H,5H2,1H3. The maximum Gasteiger partial charge on any atom is 0.163 e. The van der Waals surface area contributed by atoms with E-state index in [4.69, 9.17) is 23.2 Å². The highest BCUT2D eigenvalue weighted by Gasteiger charge is 2.10. The number of rotatable bonds is 2. The molecule has 2 rings (SSSR count). The number of hydrogen-bond donors (Lipinski definition) is 0. The van der Waals surface area contributed by atoms with Crippen LogP contribution in [0.3, 0.4) is 0 Å². The fourth-order valence-electron chi connectivity index (χ4n) is 1.41. The zero-order chi connectivity index (χ0) is 11.7. The highest BCUT2D eigenvalue weighted by molar-refractivity contribution is 9.08. The molecule has 0 aliphatic carbocycles. The Morgan fingerprint density at radius 1 is 1.19 bits per heavy atom. The van der Waals surface area contributed by atoms with Crippen molar-refractivity contribution in [1.82, 2.24) is 14.8 Å². The van der Waals surface area contributed by atoms with Crippen LogP contribution in [-0.2, 0) is 12.4 Å². The van der Waals surface area contributed by atoms with Gasteiger partial charge in [0, 0.05) is 22.7 Å². The number of benzene rings is 1. The Labute approximate surface area is 112 Å². The minimum atomic E-state index is 0.589. The first-order valence-electron chi connectivity index (χ1n) is 4.52. The second-order valence-corrected chi connectivity index (χ2v) is 4.72. The van der Waals surface area contributed by atoms with Crippen LogP contribution in [0.4, 0.5) is 0 Å². The molecule has 0 atom stereocenters. The molecule has 0 amide bonds. The van der Waals surface area contributed by atoms with Gasteiger partial charge in [-0.15, -0.1) is 10.2 Å². The van der Waals surface area contributed by atoms with E-state index < -0.39 is 0 Å². The minimum absolute atomic E-state index is 0.589. The first-order chi connectivity index (χ1) is 7.61. The summed E-state index contributed by atoms with van der Waals surface area (Å²) in [4.78, 5) is 0. The third-order valence-electron chi connectivity index (χ3n) is 2.21. The van der Waals surface area contributed by atoms with Gasteiger partial charge < -0.3 is 4.57 Å². The van der Waals surface area contributed by atoms with Gasteiger partial charge in [-0.2, -0.15) is 0 Å². The van der Waals surface area contributed by atoms with E-state index in [9.17, 15) is 0 Å². The van der Waals surface area contributed by atoms with Crippen molar-refractivity contribution in [2.24, 2.45) is 7.05 Å². The van der Waals surface area contributed by atoms with E-state index in [0.29, 0.717) is 15.4 Å². The molecule has 2 aromatic rings. The van der Waals surface area contributed by atoms with Crippen LogP contribution in [0.5, 0.6) is 0 Å². The predicted molar refractivity (Wildman–Crippen MR) is 69.1 cm³/mol. The lowest BCUT2D eigenvalue weighted by atomic mass is 10.2. The predicted octanol–water partition coefficient (Wildman–Crippen LogP) is 3.68. The average Bonchev–Trinajstić information content (AvgIpc) is 2.58. The highest BCUT2D eigenvalue weighted by Crippen LogP contribution is 2.26. The molecule has 0 unspecified atom stereocenters. The summed E-state index contributed by atoms with van der Waals surface area (Å²) in [6.07, 6.45) is 0. The Balaban J connectivity index is 2.54. The molecule has 0 spiro atoms. The fourth-order valence-corrected chi connectivity index (χ4v) is 2.43. The van der Waals surface area contributed by atoms with Gasteiger partial charge in [0.25, 0.3) is 0 Å². The van der Waals surface area contributed by atoms with Crippen LogP contribution in [0, 0.1) is 0 Å². The fraction of sp³-hybridized carbons (Fsp3) is 0.200. The van der Waals surface area contributed by atoms with Gasteiger partial charge in [-0.3, -0.25) is 0 Å². The van der Waals surface area contributed by atoms with Crippen molar-refractivity contribution in [2.45, 2.75) is 5.33 Å². The average molecular weight is 321 g/mol. The molecule has 84 valence electrons. The zero-order valence-electron chi connectivity index (χ0n) is 8.41. The molecule has 1 aromatic carbocycles. The molecule has 0 aliphatic heterocycles. The van der Waals surface area contributed by atoms with Crippen LogP contribution in [-0.4, -0.2) is 14.8 Å². The first kappa shape index (κ1) is 11.9. The van der Waals surface area contributed by atoms with Crippen molar-refractivity contribution in [3.05, 3.63) is 34.1 Å². The number of halogens is 3. The van der Waals surface area contributed by atoms with E-state index in [-0.39, 0.29) is 0 Å². The number of hydrogen-bond acceptors (Lipinski definition) is 2. The smallest absolute Gasteiger partial charge is 0.163 e. The topological polar surface area (TPSA) is 30.7 Å². The van der Waals surface area contributed by atoms with Crippen LogP contribution < -0.4 is 0 Å². The normalized spacial score (nSPS) is 10.8. The number of nitrogens with zero attached hydrogens (tertiary/aromatic N) is 3. The van der Waals surface area contributed by atoms with Gasteiger partial charge >= 0.3 is 0 Å². The second-order valence-electron chi connectivity index (χ2n) is 3.29. The van der Waals surface area contributed by atoms with Crippen LogP contribution in [0.1, 0.15) is 5.82 Å². The van der Waals surface area contributed by atoms with Crippen LogP contribution >= 0.6 is 39.1 Å². The molecular formula is C10H8BrCl2N3. The molecule has 0 radical (unpaired) electrons. The highest BCUT2D eigenvalue weighted by atomic mass is 79.9. The summed E-state index contributed by atoms with van der Waals surface area (Å²) in [6.45, 7) is 0. The van der Waals surface area contributed by atoms with E-state index in [1.165, 1.54) is 0 Å². The zero-order valence-corrected chi connectivity index (χ0v) is 11.5. The van der Waals surface area contributed by atoms with Crippen LogP contribution in [0.2, 0.25) is 10.0 Å². The maximum atomic E-state index is 5.94. The van der Waals surface area contributed by atoms with Crippen molar-refractivity contribution in [2.75, 3.05) is 0 Å². The summed E-state index contributed by atoms with van der Waals surface area (Å²) in [5, 5.41) is 9.99. The summed E-state index contributed by atoms with van der Waals surface area (Å²) >= 11 is 15.2. The molecule has 0 aliphatic rings. The van der Waals surface area contributed by atoms with Crippen molar-refractivity contribution >= 4 is 39.1 Å². The number of alkyl halides is 1. The molecular weight excluding hydrogens is 313 g/mol. The molecule has 3 nitrogen and oxygen atoms in total. The lowest BCUT2D eigenvalue weighted by Crippen LogP contribution is -1.97. The first-order valence-corrected chi connectivity index (χ1v) is 6.40. The van der Waals surface area contributed by atoms with Gasteiger partial charge in [0.15, 0.2) is 5.82 Å². The molecule has 0 N–H and O–H groups in total. The van der Waals surface area contributed by atoms with Gasteiger partial charge in [-0.25, -0.2) is 0 Å². The lowest BCUT2D eigenvalue weighted by Gasteiger charge is -2.03. The number of aromatic nitrogens is 3. The summed E-state index contributed by atoms with van der Waals surface area (Å²) in [7, 11) is 1.90. The Hall–Kier alpha value is -0.580. The van der Waals surface area contributed by atoms with Crippen molar-refractivity contribution in [3.8, 4) is 11.4 Å². The van der Waals surface area contributed by atoms with Crippen LogP contribution in [0.25, 0.3) is 11.4 Å². The van der Waals surface area contributed by atoms with Gasteiger partial charge in [0.05, 0.1) is 5.33 Å². The Bertz CT molecular complexity index is 505. The van der Waals surface area contributed by atoms with Gasteiger partial charge in [0.1, 0.15) is 5.82 Å². The van der Waals surface area contributed by atoms with Gasteiger partial charge in [0.2, 0.25) is 0 Å². The van der Waals surface area contributed by atoms with E-state index in [1.54, 1.807) is 6.07 Å². The van der Waals surface area contributed by atoms with E-state index in [0.717, 1.165) is 17.2 Å². The van der Waals surface area contributed by atoms with Crippen molar-refractivity contribution in [1.29, 1.82) is 0 Å². The molecule has 0 bridgehead atoms. The molecule has 1 heterocycles. The maximum absolute atomic E-state index is 5.94. The third-order valence-corrected chi connectivity index (χ3v) is 3.14. The monoisotopic (exact) mass is 319 g/mol. The van der Waals surface area contributed by atoms with Crippen LogP contribution in [0.15, 0.2) is 18.2 Å². The van der Waals surface area contributed by atoms with Crippen molar-refractivity contribution in [3.63, 3.8) is 0 Å². The summed E-state index contributed by atoms with van der Waals surface area (Å²) < 4.78 is 1.90. The Morgan fingerprint density at radius 2 is 1.81 bits per heavy atom. The largest absolute Gasteiger partial charge is 0.313 e. The molecule has 6 heteroatoms. The Morgan fingerprint density at radius 3 is 2.31 bits per heavy atom. The Kier molecular flexibility index (Phi) is 3.52. The van der Waals surface area contributed by atoms with E-state index in [1.807, 2.05) is 23.7 Å². The van der Waals surface area contributed by atoms with Gasteiger partial charge in [-0.05, 0) is 18.2 Å². The minimum Gasteiger partial charge on any atom is -0.313 e. The SMILES string of the molecule is Cn1c(CBr)nnc1-c1cc(Cl)cc(Cl)c1. The molecule has 0 saturated carbocycles. The summed E-state index contributed by atoms with van der Waals surface area (Å²) in [6, 6.07) is 5.32. The molecule has 16 heavy (non-hydrogen) atoms. The van der Waals surface area contributed by atoms with Gasteiger partial charge in [-0.1, -0.05) is 39.1 Å². The third kappa shape index (κ3) is 2.24. The molecule has 0 saturated heterocycles. The quantitative estimate of drug-likeness (QED) is 0.790. The van der Waals surface area contributed by atoms with Crippen molar-refractivity contribution < 1.29 is 0 Å². The van der Waals surface area contributed by atoms with E-state index in [2.05, 4.69) is 26.1 Å².